The fourth-order valence-corrected chi connectivity index (χ4v) is 1.14. The molecule has 0 aromatic carbocycles. The van der Waals surface area contributed by atoms with Crippen molar-refractivity contribution < 1.29 is 4.92 Å². The van der Waals surface area contributed by atoms with Crippen LogP contribution in [0.5, 0.6) is 0 Å². The van der Waals surface area contributed by atoms with Crippen LogP contribution in [-0.4, -0.2) is 9.91 Å². The maximum Gasteiger partial charge on any atom is 0.336 e. The number of aromatic nitrogens is 1. The number of rotatable bonds is 1. The Bertz CT molecular complexity index is 349. The molecule has 58 valence electrons. The van der Waals surface area contributed by atoms with Crippen LogP contribution < -0.4 is 0 Å². The van der Waals surface area contributed by atoms with Gasteiger partial charge in [-0.1, -0.05) is 12.2 Å². The number of nitrogens with zero attached hydrogens (tertiary/aromatic N) is 1. The van der Waals surface area contributed by atoms with E-state index >= 15 is 0 Å². The maximum absolute atomic E-state index is 10.3. The number of pyridine rings is 1. The highest BCUT2D eigenvalue weighted by Gasteiger charge is 2.09. The lowest BCUT2D eigenvalue weighted by Crippen LogP contribution is -1.92. The van der Waals surface area contributed by atoms with E-state index in [-0.39, 0.29) is 5.82 Å². The van der Waals surface area contributed by atoms with Crippen LogP contribution in [0.1, 0.15) is 0 Å². The first-order chi connectivity index (χ1) is 5.13. The average Bonchev–Trinajstić information content (AvgIpc) is 1.94. The third-order valence-corrected chi connectivity index (χ3v) is 2.47. The van der Waals surface area contributed by atoms with Crippen molar-refractivity contribution in [2.75, 3.05) is 0 Å². The summed E-state index contributed by atoms with van der Waals surface area (Å²) in [6, 6.07) is 1.58. The van der Waals surface area contributed by atoms with E-state index in [1.807, 2.05) is 0 Å². The molecule has 1 aromatic heterocycles. The van der Waals surface area contributed by atoms with Gasteiger partial charge in [-0.05, 0) is 26.9 Å². The molecule has 0 unspecified atom stereocenters. The second-order valence-electron chi connectivity index (χ2n) is 1.76. The molecule has 0 aliphatic carbocycles. The van der Waals surface area contributed by atoms with Crippen molar-refractivity contribution in [1.82, 2.24) is 4.98 Å². The highest BCUT2D eigenvalue weighted by molar-refractivity contribution is 9.10. The van der Waals surface area contributed by atoms with Crippen LogP contribution >= 0.6 is 28.1 Å². The van der Waals surface area contributed by atoms with Gasteiger partial charge in [-0.2, -0.15) is 0 Å². The summed E-state index contributed by atoms with van der Waals surface area (Å²) in [5.74, 6) is -0.113. The van der Waals surface area contributed by atoms with Crippen LogP contribution in [0.4, 0.5) is 5.82 Å². The summed E-state index contributed by atoms with van der Waals surface area (Å²) in [6.07, 6.45) is 1.44. The standard InChI is InChI=1S/C5H3BrN2O2S/c6-4-3(11)1-2-7-5(4)8(9)10/h1-2H,(H,7,11). The average molecular weight is 235 g/mol. The molecule has 1 aromatic rings. The largest absolute Gasteiger partial charge is 0.358 e. The molecule has 4 nitrogen and oxygen atoms in total. The fourth-order valence-electron chi connectivity index (χ4n) is 0.582. The van der Waals surface area contributed by atoms with Crippen LogP contribution in [0.25, 0.3) is 0 Å². The third-order valence-electron chi connectivity index (χ3n) is 1.06. The van der Waals surface area contributed by atoms with E-state index in [9.17, 15) is 10.1 Å². The number of nitro groups is 1. The Morgan fingerprint density at radius 3 is 2.82 bits per heavy atom. The van der Waals surface area contributed by atoms with Crippen LogP contribution in [0.2, 0.25) is 0 Å². The van der Waals surface area contributed by atoms with Gasteiger partial charge < -0.3 is 10.1 Å². The van der Waals surface area contributed by atoms with Crippen molar-refractivity contribution in [1.29, 1.82) is 0 Å². The van der Waals surface area contributed by atoms with Gasteiger partial charge in [0.15, 0.2) is 0 Å². The van der Waals surface area contributed by atoms with Gasteiger partial charge in [0.2, 0.25) is 0 Å². The summed E-state index contributed by atoms with van der Waals surface area (Å²) < 4.78 is 0.746. The van der Waals surface area contributed by atoms with Gasteiger partial charge in [0.25, 0.3) is 0 Å². The Kier molecular flexibility index (Phi) is 2.35. The molecule has 6 heteroatoms. The number of halogens is 1. The van der Waals surface area contributed by atoms with Gasteiger partial charge in [-0.25, -0.2) is 4.98 Å². The second-order valence-corrected chi connectivity index (χ2v) is 2.99. The minimum Gasteiger partial charge on any atom is -0.358 e. The molecular weight excluding hydrogens is 232 g/mol. The molecule has 0 saturated heterocycles. The van der Waals surface area contributed by atoms with Gasteiger partial charge in [0.1, 0.15) is 4.47 Å². The fraction of sp³-hybridized carbons (Fsp3) is 0. The van der Waals surface area contributed by atoms with E-state index in [0.717, 1.165) is 0 Å². The molecule has 0 fully saturated rings. The molecule has 1 rings (SSSR count). The third kappa shape index (κ3) is 1.63. The van der Waals surface area contributed by atoms with E-state index < -0.39 is 4.92 Å². The van der Waals surface area contributed by atoms with Gasteiger partial charge in [-0.15, -0.1) is 0 Å². The minimum atomic E-state index is -0.528. The SMILES string of the molecule is O=[N+]([O-])c1[nH]ccc(=S)c1Br. The molecule has 1 N–H and O–H groups in total. The van der Waals surface area contributed by atoms with Crippen LogP contribution in [0.15, 0.2) is 16.7 Å². The summed E-state index contributed by atoms with van der Waals surface area (Å²) >= 11 is 7.79. The minimum absolute atomic E-state index is 0.113. The number of H-pyrrole nitrogens is 1. The first-order valence-electron chi connectivity index (χ1n) is 2.64. The van der Waals surface area contributed by atoms with E-state index in [0.29, 0.717) is 8.98 Å². The van der Waals surface area contributed by atoms with Crippen LogP contribution in [-0.2, 0) is 0 Å². The lowest BCUT2D eigenvalue weighted by atomic mass is 10.5. The predicted octanol–water partition coefficient (Wildman–Crippen LogP) is 2.41. The Hall–Kier alpha value is -0.750. The van der Waals surface area contributed by atoms with Crippen molar-refractivity contribution in [2.45, 2.75) is 0 Å². The Morgan fingerprint density at radius 1 is 1.73 bits per heavy atom. The van der Waals surface area contributed by atoms with E-state index in [2.05, 4.69) is 20.9 Å². The number of nitrogens with one attached hydrogen (secondary N) is 1. The topological polar surface area (TPSA) is 58.9 Å². The molecule has 0 aliphatic rings. The normalized spacial score (nSPS) is 9.55. The molecule has 0 radical (unpaired) electrons. The number of hydrogen-bond acceptors (Lipinski definition) is 3. The van der Waals surface area contributed by atoms with Crippen LogP contribution in [0.3, 0.4) is 0 Å². The van der Waals surface area contributed by atoms with Gasteiger partial charge >= 0.3 is 5.82 Å². The molecule has 0 aliphatic heterocycles. The zero-order valence-electron chi connectivity index (χ0n) is 5.20. The highest BCUT2D eigenvalue weighted by atomic mass is 79.9. The summed E-state index contributed by atoms with van der Waals surface area (Å²) in [6.45, 7) is 0. The first kappa shape index (κ1) is 8.35. The summed E-state index contributed by atoms with van der Waals surface area (Å²) in [5.41, 5.74) is 0. The van der Waals surface area contributed by atoms with E-state index in [1.165, 1.54) is 6.20 Å². The molecule has 0 bridgehead atoms. The molecular formula is C5H3BrN2O2S. The van der Waals surface area contributed by atoms with E-state index in [1.54, 1.807) is 6.07 Å². The molecule has 0 saturated carbocycles. The molecule has 1 heterocycles. The molecule has 0 amide bonds. The van der Waals surface area contributed by atoms with E-state index in [4.69, 9.17) is 12.2 Å². The second kappa shape index (κ2) is 3.10. The van der Waals surface area contributed by atoms with Crippen molar-refractivity contribution in [2.24, 2.45) is 0 Å². The summed E-state index contributed by atoms with van der Waals surface area (Å²) in [4.78, 5) is 12.2. The Labute approximate surface area is 75.5 Å². The first-order valence-corrected chi connectivity index (χ1v) is 3.84. The maximum atomic E-state index is 10.3. The summed E-state index contributed by atoms with van der Waals surface area (Å²) in [7, 11) is 0. The highest BCUT2D eigenvalue weighted by Crippen LogP contribution is 2.21. The Morgan fingerprint density at radius 2 is 2.36 bits per heavy atom. The van der Waals surface area contributed by atoms with Crippen molar-refractivity contribution in [3.8, 4) is 0 Å². The number of hydrogen-bond donors (Lipinski definition) is 1. The molecule has 0 atom stereocenters. The van der Waals surface area contributed by atoms with Crippen molar-refractivity contribution >= 4 is 34.0 Å². The Balaban J connectivity index is 3.39. The van der Waals surface area contributed by atoms with Crippen molar-refractivity contribution in [3.63, 3.8) is 0 Å². The monoisotopic (exact) mass is 234 g/mol. The number of aromatic amines is 1. The van der Waals surface area contributed by atoms with Crippen LogP contribution in [0, 0.1) is 14.6 Å². The smallest absolute Gasteiger partial charge is 0.336 e. The van der Waals surface area contributed by atoms with Gasteiger partial charge in [-0.3, -0.25) is 0 Å². The quantitative estimate of drug-likeness (QED) is 0.462. The van der Waals surface area contributed by atoms with Gasteiger partial charge in [0, 0.05) is 0 Å². The lowest BCUT2D eigenvalue weighted by Gasteiger charge is -1.95. The predicted molar refractivity (Wildman–Crippen MR) is 46.0 cm³/mol. The van der Waals surface area contributed by atoms with Crippen molar-refractivity contribution in [3.05, 3.63) is 31.4 Å². The molecule has 11 heavy (non-hydrogen) atoms. The molecule has 0 spiro atoms. The lowest BCUT2D eigenvalue weighted by molar-refractivity contribution is -0.390. The van der Waals surface area contributed by atoms with Gasteiger partial charge in [0.05, 0.1) is 10.7 Å². The zero-order chi connectivity index (χ0) is 8.43. The summed E-state index contributed by atoms with van der Waals surface area (Å²) in [5, 5.41) is 10.3. The zero-order valence-corrected chi connectivity index (χ0v) is 7.61.